The zero-order chi connectivity index (χ0) is 40.3. The fourth-order valence-corrected chi connectivity index (χ4v) is 7.61. The van der Waals surface area contributed by atoms with E-state index in [1.165, 1.54) is 103 Å². The average molecular weight is 781 g/mol. The predicted octanol–water partition coefficient (Wildman–Crippen LogP) is 13.1. The Bertz CT molecular complexity index is 738. The van der Waals surface area contributed by atoms with E-state index in [1.54, 1.807) is 0 Å². The Labute approximate surface area is 343 Å². The largest absolute Gasteiger partial charge is 0.465 e. The van der Waals surface area contributed by atoms with Crippen LogP contribution in [0.2, 0.25) is 0 Å². The lowest BCUT2D eigenvalue weighted by Crippen LogP contribution is -2.30. The molecule has 0 amide bonds. The number of esters is 2. The Hall–Kier alpha value is -1.18. The number of hydrogen-bond donors (Lipinski definition) is 1. The number of carbonyl (C=O) groups is 2. The second-order valence-electron chi connectivity index (χ2n) is 16.6. The maximum atomic E-state index is 13.0. The highest BCUT2D eigenvalue weighted by molar-refractivity contribution is 5.72. The Kier molecular flexibility index (Phi) is 43.0. The summed E-state index contributed by atoms with van der Waals surface area (Å²) in [6.45, 7) is 15.1. The van der Waals surface area contributed by atoms with Crippen LogP contribution in [-0.4, -0.2) is 69.4 Å². The number of carbonyl (C=O) groups excluding carboxylic acids is 2. The molecule has 0 aromatic heterocycles. The van der Waals surface area contributed by atoms with Gasteiger partial charge in [-0.1, -0.05) is 182 Å². The number of rotatable bonds is 45. The number of hydrogen-bond acceptors (Lipinski definition) is 7. The summed E-state index contributed by atoms with van der Waals surface area (Å²) in [6.07, 6.45) is 37.6. The molecule has 0 radical (unpaired) electrons. The van der Waals surface area contributed by atoms with Crippen molar-refractivity contribution in [3.05, 3.63) is 0 Å². The quantitative estimate of drug-likeness (QED) is 0.0486. The number of nitrogens with zero attached hydrogens (tertiary/aromatic N) is 1. The molecule has 0 heterocycles. The van der Waals surface area contributed by atoms with Gasteiger partial charge in [-0.2, -0.15) is 0 Å². The maximum absolute atomic E-state index is 13.0. The van der Waals surface area contributed by atoms with Crippen molar-refractivity contribution in [2.24, 2.45) is 17.6 Å². The van der Waals surface area contributed by atoms with Crippen molar-refractivity contribution in [2.45, 2.75) is 233 Å². The molecule has 0 bridgehead atoms. The van der Waals surface area contributed by atoms with Crippen LogP contribution in [0.1, 0.15) is 233 Å². The highest BCUT2D eigenvalue weighted by Crippen LogP contribution is 2.22. The molecule has 0 fully saturated rings. The minimum absolute atomic E-state index is 0.0531. The van der Waals surface area contributed by atoms with Crippen LogP contribution in [0, 0.1) is 11.8 Å². The van der Waals surface area contributed by atoms with Gasteiger partial charge >= 0.3 is 11.9 Å². The van der Waals surface area contributed by atoms with E-state index < -0.39 is 0 Å². The number of unbranched alkanes of at least 4 members (excludes halogenated alkanes) is 22. The summed E-state index contributed by atoms with van der Waals surface area (Å²) in [7, 11) is 0. The third-order valence-electron chi connectivity index (χ3n) is 11.3. The Balaban J connectivity index is 4.42. The highest BCUT2D eigenvalue weighted by Gasteiger charge is 2.20. The molecule has 0 aliphatic heterocycles. The third-order valence-corrected chi connectivity index (χ3v) is 11.3. The molecule has 0 rings (SSSR count). The lowest BCUT2D eigenvalue weighted by molar-refractivity contribution is -0.150. The van der Waals surface area contributed by atoms with Gasteiger partial charge in [0.05, 0.1) is 38.3 Å². The minimum atomic E-state index is 0.0531. The molecular weight excluding hydrogens is 685 g/mol. The fraction of sp³-hybridized carbons (Fsp3) is 0.958. The van der Waals surface area contributed by atoms with Gasteiger partial charge < -0.3 is 24.8 Å². The van der Waals surface area contributed by atoms with Crippen molar-refractivity contribution in [1.29, 1.82) is 0 Å². The molecule has 0 spiro atoms. The van der Waals surface area contributed by atoms with Gasteiger partial charge in [0.25, 0.3) is 0 Å². The van der Waals surface area contributed by atoms with Crippen LogP contribution in [0.3, 0.4) is 0 Å². The molecule has 7 heteroatoms. The van der Waals surface area contributed by atoms with E-state index in [4.69, 9.17) is 19.9 Å². The second kappa shape index (κ2) is 43.9. The fourth-order valence-electron chi connectivity index (χ4n) is 7.61. The summed E-state index contributed by atoms with van der Waals surface area (Å²) >= 11 is 0. The van der Waals surface area contributed by atoms with Crippen LogP contribution in [0.25, 0.3) is 0 Å². The average Bonchev–Trinajstić information content (AvgIpc) is 3.19. The minimum Gasteiger partial charge on any atom is -0.465 e. The number of nitrogens with two attached hydrogens (primary N) is 1. The second-order valence-corrected chi connectivity index (χ2v) is 16.6. The van der Waals surface area contributed by atoms with Crippen LogP contribution in [0.15, 0.2) is 0 Å². The van der Waals surface area contributed by atoms with Crippen LogP contribution in [0.4, 0.5) is 0 Å². The summed E-state index contributed by atoms with van der Waals surface area (Å²) in [4.78, 5) is 28.5. The third kappa shape index (κ3) is 36.9. The summed E-state index contributed by atoms with van der Waals surface area (Å²) in [6, 6.07) is 0. The molecule has 2 N–H and O–H groups in total. The standard InChI is InChI=1S/C48H96N2O5/c1-5-9-13-17-19-27-35-45(33-25-15-11-7-3)47(51)54-41-31-23-21-29-38-50(40-44-53-43-37-49)39-30-22-24-32-42-55-48(52)46(34-26-16-12-8-4)36-28-20-18-14-10-6-2/h45-46H,5-44,49H2,1-4H3. The number of ether oxygens (including phenoxy) is 3. The molecule has 7 nitrogen and oxygen atoms in total. The molecule has 55 heavy (non-hydrogen) atoms. The molecule has 2 atom stereocenters. The molecule has 2 unspecified atom stereocenters. The van der Waals surface area contributed by atoms with Crippen molar-refractivity contribution in [3.63, 3.8) is 0 Å². The molecule has 0 saturated carbocycles. The van der Waals surface area contributed by atoms with Crippen molar-refractivity contribution in [3.8, 4) is 0 Å². The first-order valence-corrected chi connectivity index (χ1v) is 24.4. The van der Waals surface area contributed by atoms with Gasteiger partial charge in [0.1, 0.15) is 0 Å². The first kappa shape index (κ1) is 53.8. The Morgan fingerprint density at radius 2 is 0.727 bits per heavy atom. The van der Waals surface area contributed by atoms with Crippen LogP contribution in [0.5, 0.6) is 0 Å². The van der Waals surface area contributed by atoms with Gasteiger partial charge in [-0.15, -0.1) is 0 Å². The zero-order valence-electron chi connectivity index (χ0n) is 37.5. The summed E-state index contributed by atoms with van der Waals surface area (Å²) in [5.74, 6) is 0.283. The molecule has 328 valence electrons. The van der Waals surface area contributed by atoms with Crippen molar-refractivity contribution in [2.75, 3.05) is 52.6 Å². The highest BCUT2D eigenvalue weighted by atomic mass is 16.5. The predicted molar refractivity (Wildman–Crippen MR) is 236 cm³/mol. The molecular formula is C48H96N2O5. The van der Waals surface area contributed by atoms with Gasteiger partial charge in [-0.25, -0.2) is 0 Å². The molecule has 0 aliphatic carbocycles. The van der Waals surface area contributed by atoms with E-state index in [-0.39, 0.29) is 23.8 Å². The smallest absolute Gasteiger partial charge is 0.308 e. The topological polar surface area (TPSA) is 91.1 Å². The van der Waals surface area contributed by atoms with Crippen molar-refractivity contribution >= 4 is 11.9 Å². The summed E-state index contributed by atoms with van der Waals surface area (Å²) in [5.41, 5.74) is 5.64. The van der Waals surface area contributed by atoms with Crippen molar-refractivity contribution < 1.29 is 23.8 Å². The van der Waals surface area contributed by atoms with E-state index in [9.17, 15) is 9.59 Å². The summed E-state index contributed by atoms with van der Waals surface area (Å²) in [5, 5.41) is 0. The van der Waals surface area contributed by atoms with E-state index in [1.807, 2.05) is 0 Å². The Morgan fingerprint density at radius 1 is 0.400 bits per heavy atom. The normalized spacial score (nSPS) is 12.7. The van der Waals surface area contributed by atoms with E-state index in [2.05, 4.69) is 32.6 Å². The monoisotopic (exact) mass is 781 g/mol. The van der Waals surface area contributed by atoms with Gasteiger partial charge in [0, 0.05) is 13.1 Å². The molecule has 0 saturated heterocycles. The lowest BCUT2D eigenvalue weighted by atomic mass is 9.94. The van der Waals surface area contributed by atoms with Gasteiger partial charge in [0.2, 0.25) is 0 Å². The zero-order valence-corrected chi connectivity index (χ0v) is 37.5. The van der Waals surface area contributed by atoms with Crippen LogP contribution in [-0.2, 0) is 23.8 Å². The molecule has 0 aliphatic rings. The van der Waals surface area contributed by atoms with Gasteiger partial charge in [-0.05, 0) is 64.5 Å². The first-order valence-electron chi connectivity index (χ1n) is 24.4. The van der Waals surface area contributed by atoms with Crippen LogP contribution < -0.4 is 5.73 Å². The molecule has 0 aromatic carbocycles. The first-order chi connectivity index (χ1) is 27.0. The molecule has 0 aromatic rings. The van der Waals surface area contributed by atoms with Gasteiger partial charge in [-0.3, -0.25) is 9.59 Å². The van der Waals surface area contributed by atoms with Gasteiger partial charge in [0.15, 0.2) is 0 Å². The van der Waals surface area contributed by atoms with Crippen molar-refractivity contribution in [1.82, 2.24) is 4.90 Å². The van der Waals surface area contributed by atoms with Crippen LogP contribution >= 0.6 is 0 Å². The SMILES string of the molecule is CCCCCCCCC(CCCCCC)C(=O)OCCCCCCN(CCCCCCOC(=O)C(CCCCCC)CCCCCCCC)CCOCCN. The van der Waals surface area contributed by atoms with E-state index in [0.717, 1.165) is 129 Å². The van der Waals surface area contributed by atoms with E-state index >= 15 is 0 Å². The lowest BCUT2D eigenvalue weighted by Gasteiger charge is -2.22. The summed E-state index contributed by atoms with van der Waals surface area (Å²) < 4.78 is 17.4. The Morgan fingerprint density at radius 3 is 1.11 bits per heavy atom. The van der Waals surface area contributed by atoms with E-state index in [0.29, 0.717) is 26.4 Å². The maximum Gasteiger partial charge on any atom is 0.308 e.